The molecule has 4 nitrogen and oxygen atoms in total. The van der Waals surface area contributed by atoms with E-state index in [4.69, 9.17) is 5.73 Å². The van der Waals surface area contributed by atoms with E-state index in [9.17, 15) is 4.79 Å². The van der Waals surface area contributed by atoms with Crippen molar-refractivity contribution in [1.29, 1.82) is 0 Å². The van der Waals surface area contributed by atoms with Gasteiger partial charge in [0.25, 0.3) is 0 Å². The number of nitrogens with one attached hydrogen (secondary N) is 1. The summed E-state index contributed by atoms with van der Waals surface area (Å²) in [5.74, 6) is 0.316. The lowest BCUT2D eigenvalue weighted by molar-refractivity contribution is 0.0945. The van der Waals surface area contributed by atoms with Crippen LogP contribution in [0.5, 0.6) is 0 Å². The third kappa shape index (κ3) is 2.28. The first-order valence-electron chi connectivity index (χ1n) is 6.50. The summed E-state index contributed by atoms with van der Waals surface area (Å²) in [5.41, 5.74) is 7.40. The van der Waals surface area contributed by atoms with Crippen LogP contribution in [-0.4, -0.2) is 17.8 Å². The maximum Gasteiger partial charge on any atom is 0.189 e. The van der Waals surface area contributed by atoms with Gasteiger partial charge in [0.05, 0.1) is 0 Å². The second kappa shape index (κ2) is 5.17. The average Bonchev–Trinajstić information content (AvgIpc) is 2.90. The highest BCUT2D eigenvalue weighted by atomic mass is 16.1. The Morgan fingerprint density at radius 1 is 1.00 bits per heavy atom. The van der Waals surface area contributed by atoms with Gasteiger partial charge in [0.15, 0.2) is 11.7 Å². The zero-order chi connectivity index (χ0) is 13.9. The number of aliphatic imine (C=N–C) groups is 1. The molecule has 0 spiro atoms. The summed E-state index contributed by atoms with van der Waals surface area (Å²) in [6.45, 7) is 0. The number of hydrogen-bond acceptors (Lipinski definition) is 4. The van der Waals surface area contributed by atoms with Crippen molar-refractivity contribution in [3.8, 4) is 0 Å². The van der Waals surface area contributed by atoms with Crippen molar-refractivity contribution in [2.24, 2.45) is 10.7 Å². The van der Waals surface area contributed by atoms with Gasteiger partial charge in [0.2, 0.25) is 0 Å². The van der Waals surface area contributed by atoms with Crippen LogP contribution in [0.15, 0.2) is 65.7 Å². The molecule has 2 atom stereocenters. The lowest BCUT2D eigenvalue weighted by Crippen LogP contribution is -2.41. The second-order valence-corrected chi connectivity index (χ2v) is 4.72. The van der Waals surface area contributed by atoms with E-state index >= 15 is 0 Å². The van der Waals surface area contributed by atoms with Crippen molar-refractivity contribution in [3.05, 3.63) is 71.8 Å². The Balaban J connectivity index is 1.92. The van der Waals surface area contributed by atoms with E-state index < -0.39 is 6.04 Å². The van der Waals surface area contributed by atoms with Gasteiger partial charge in [0.1, 0.15) is 12.1 Å². The van der Waals surface area contributed by atoms with Crippen molar-refractivity contribution in [1.82, 2.24) is 5.32 Å². The predicted octanol–water partition coefficient (Wildman–Crippen LogP) is 1.90. The first kappa shape index (κ1) is 12.4. The van der Waals surface area contributed by atoms with Crippen LogP contribution in [0.2, 0.25) is 0 Å². The number of benzene rings is 2. The zero-order valence-electron chi connectivity index (χ0n) is 10.9. The minimum atomic E-state index is -0.445. The van der Waals surface area contributed by atoms with Crippen LogP contribution >= 0.6 is 0 Å². The molecule has 1 aliphatic rings. The average molecular weight is 265 g/mol. The van der Waals surface area contributed by atoms with E-state index in [1.54, 1.807) is 12.1 Å². The van der Waals surface area contributed by atoms with Crippen LogP contribution in [0.3, 0.4) is 0 Å². The molecular weight excluding hydrogens is 250 g/mol. The Morgan fingerprint density at radius 3 is 2.25 bits per heavy atom. The molecule has 4 heteroatoms. The Hall–Kier alpha value is -2.62. The predicted molar refractivity (Wildman–Crippen MR) is 78.5 cm³/mol. The summed E-state index contributed by atoms with van der Waals surface area (Å²) in [6, 6.07) is 18.2. The Kier molecular flexibility index (Phi) is 3.21. The van der Waals surface area contributed by atoms with Crippen molar-refractivity contribution in [3.63, 3.8) is 0 Å². The molecular formula is C16H15N3O. The van der Waals surface area contributed by atoms with Crippen molar-refractivity contribution >= 4 is 11.7 Å². The maximum atomic E-state index is 12.6. The summed E-state index contributed by atoms with van der Waals surface area (Å²) < 4.78 is 0. The molecule has 0 aliphatic carbocycles. The molecule has 0 radical (unpaired) electrons. The van der Waals surface area contributed by atoms with Crippen molar-refractivity contribution in [2.45, 2.75) is 12.1 Å². The molecule has 1 aliphatic heterocycles. The molecule has 20 heavy (non-hydrogen) atoms. The number of carbonyl (C=O) groups excluding carboxylic acids is 1. The standard InChI is InChI=1S/C16H15N3O/c17-16-18-13(11-7-3-1-4-8-11)14(19-16)15(20)12-9-5-2-6-10-12/h1-10,13-14H,(H3,17,18,19)/t13-,14+/m0/s1. The zero-order valence-corrected chi connectivity index (χ0v) is 10.9. The van der Waals surface area contributed by atoms with E-state index in [2.05, 4.69) is 10.3 Å². The first-order chi connectivity index (χ1) is 9.75. The molecule has 2 aromatic carbocycles. The number of carbonyl (C=O) groups is 1. The topological polar surface area (TPSA) is 67.5 Å². The lowest BCUT2D eigenvalue weighted by atomic mass is 9.94. The molecule has 3 rings (SSSR count). The molecule has 0 saturated heterocycles. The molecule has 0 aromatic heterocycles. The van der Waals surface area contributed by atoms with Crippen LogP contribution in [0.4, 0.5) is 0 Å². The van der Waals surface area contributed by atoms with E-state index in [0.717, 1.165) is 5.56 Å². The molecule has 100 valence electrons. The number of nitrogens with two attached hydrogens (primary N) is 1. The quantitative estimate of drug-likeness (QED) is 0.833. The third-order valence-corrected chi connectivity index (χ3v) is 3.38. The second-order valence-electron chi connectivity index (χ2n) is 4.72. The largest absolute Gasteiger partial charge is 0.370 e. The lowest BCUT2D eigenvalue weighted by Gasteiger charge is -2.17. The number of Topliss-reactive ketones (excluding diaryl/α,β-unsaturated/α-hetero) is 1. The Bertz CT molecular complexity index is 637. The van der Waals surface area contributed by atoms with E-state index in [1.165, 1.54) is 0 Å². The maximum absolute atomic E-state index is 12.6. The van der Waals surface area contributed by atoms with Gasteiger partial charge in [-0.05, 0) is 5.56 Å². The highest BCUT2D eigenvalue weighted by Crippen LogP contribution is 2.26. The number of guanidine groups is 1. The number of rotatable bonds is 3. The first-order valence-corrected chi connectivity index (χ1v) is 6.50. The molecule has 0 bridgehead atoms. The molecule has 3 N–H and O–H groups in total. The molecule has 2 aromatic rings. The monoisotopic (exact) mass is 265 g/mol. The third-order valence-electron chi connectivity index (χ3n) is 3.38. The summed E-state index contributed by atoms with van der Waals surface area (Å²) in [4.78, 5) is 16.9. The molecule has 0 unspecified atom stereocenters. The van der Waals surface area contributed by atoms with Crippen LogP contribution < -0.4 is 11.1 Å². The van der Waals surface area contributed by atoms with Gasteiger partial charge in [-0.2, -0.15) is 0 Å². The normalized spacial score (nSPS) is 21.1. The van der Waals surface area contributed by atoms with Crippen molar-refractivity contribution in [2.75, 3.05) is 0 Å². The van der Waals surface area contributed by atoms with Crippen LogP contribution in [0.25, 0.3) is 0 Å². The number of nitrogens with zero attached hydrogens (tertiary/aromatic N) is 1. The Morgan fingerprint density at radius 2 is 1.60 bits per heavy atom. The van der Waals surface area contributed by atoms with Gasteiger partial charge >= 0.3 is 0 Å². The Labute approximate surface area is 117 Å². The van der Waals surface area contributed by atoms with Crippen LogP contribution in [-0.2, 0) is 0 Å². The van der Waals surface area contributed by atoms with Crippen molar-refractivity contribution < 1.29 is 4.79 Å². The summed E-state index contributed by atoms with van der Waals surface area (Å²) in [5, 5.41) is 2.98. The van der Waals surface area contributed by atoms with Gasteiger partial charge < -0.3 is 11.1 Å². The minimum absolute atomic E-state index is 0.00338. The van der Waals surface area contributed by atoms with Crippen LogP contribution in [0.1, 0.15) is 22.0 Å². The summed E-state index contributed by atoms with van der Waals surface area (Å²) in [6.07, 6.45) is 0. The number of hydrogen-bond donors (Lipinski definition) is 2. The van der Waals surface area contributed by atoms with E-state index in [-0.39, 0.29) is 11.8 Å². The highest BCUT2D eigenvalue weighted by molar-refractivity contribution is 6.04. The summed E-state index contributed by atoms with van der Waals surface area (Å²) >= 11 is 0. The van der Waals surface area contributed by atoms with Crippen LogP contribution in [0, 0.1) is 0 Å². The van der Waals surface area contributed by atoms with Gasteiger partial charge in [-0.1, -0.05) is 60.7 Å². The minimum Gasteiger partial charge on any atom is -0.370 e. The molecule has 1 heterocycles. The van der Waals surface area contributed by atoms with Gasteiger partial charge in [0, 0.05) is 5.56 Å². The van der Waals surface area contributed by atoms with E-state index in [1.807, 2.05) is 48.5 Å². The fourth-order valence-electron chi connectivity index (χ4n) is 2.41. The van der Waals surface area contributed by atoms with Gasteiger partial charge in [-0.3, -0.25) is 4.79 Å². The van der Waals surface area contributed by atoms with Gasteiger partial charge in [-0.25, -0.2) is 4.99 Å². The fourth-order valence-corrected chi connectivity index (χ4v) is 2.41. The van der Waals surface area contributed by atoms with E-state index in [0.29, 0.717) is 11.5 Å². The molecule has 0 saturated carbocycles. The molecule has 0 fully saturated rings. The van der Waals surface area contributed by atoms with Gasteiger partial charge in [-0.15, -0.1) is 0 Å². The molecule has 0 amide bonds. The fraction of sp³-hybridized carbons (Fsp3) is 0.125. The smallest absolute Gasteiger partial charge is 0.189 e. The summed E-state index contributed by atoms with van der Waals surface area (Å²) in [7, 11) is 0. The highest BCUT2D eigenvalue weighted by Gasteiger charge is 2.34. The SMILES string of the molecule is NC1=N[C@@H](c2ccccc2)[C@H](C(=O)c2ccccc2)N1. The number of ketones is 1.